The second-order valence-electron chi connectivity index (χ2n) is 6.79. The predicted octanol–water partition coefficient (Wildman–Crippen LogP) is 3.19. The van der Waals surface area contributed by atoms with Gasteiger partial charge in [-0.25, -0.2) is 4.79 Å². The number of nitrogens with zero attached hydrogens (tertiary/aromatic N) is 2. The van der Waals surface area contributed by atoms with Crippen molar-refractivity contribution in [3.8, 4) is 0 Å². The van der Waals surface area contributed by atoms with Gasteiger partial charge in [-0.2, -0.15) is 0 Å². The van der Waals surface area contributed by atoms with Crippen LogP contribution in [0.5, 0.6) is 0 Å². The number of aryl methyl sites for hydroxylation is 2. The van der Waals surface area contributed by atoms with Gasteiger partial charge in [0.25, 0.3) is 5.69 Å². The van der Waals surface area contributed by atoms with E-state index in [9.17, 15) is 24.5 Å². The van der Waals surface area contributed by atoms with Crippen molar-refractivity contribution in [3.63, 3.8) is 0 Å². The minimum absolute atomic E-state index is 0.129. The molecule has 0 aliphatic heterocycles. The highest BCUT2D eigenvalue weighted by molar-refractivity contribution is 5.94. The first-order valence-electron chi connectivity index (χ1n) is 9.20. The highest BCUT2D eigenvalue weighted by Gasteiger charge is 2.14. The molecule has 10 heteroatoms. The van der Waals surface area contributed by atoms with E-state index in [4.69, 9.17) is 4.42 Å². The fourth-order valence-corrected chi connectivity index (χ4v) is 3.03. The number of anilines is 2. The first kappa shape index (κ1) is 20.8. The van der Waals surface area contributed by atoms with Crippen molar-refractivity contribution < 1.29 is 18.9 Å². The standard InChI is InChI=1S/C20H20N4O6/c1-12-5-6-14(21-13(2)25)10-16(12)22-19(26)4-3-9-23-17-8-7-15(24(28)29)11-18(17)30-20(23)27/h5-8,10-11H,3-4,9H2,1-2H3,(H,21,25)(H,22,26). The minimum atomic E-state index is -0.634. The van der Waals surface area contributed by atoms with Gasteiger partial charge in [-0.3, -0.25) is 24.3 Å². The summed E-state index contributed by atoms with van der Waals surface area (Å²) in [5.74, 6) is -1.08. The maximum absolute atomic E-state index is 12.3. The van der Waals surface area contributed by atoms with E-state index in [2.05, 4.69) is 10.6 Å². The summed E-state index contributed by atoms with van der Waals surface area (Å²) in [6.07, 6.45) is 0.512. The monoisotopic (exact) mass is 412 g/mol. The minimum Gasteiger partial charge on any atom is -0.407 e. The molecule has 30 heavy (non-hydrogen) atoms. The Balaban J connectivity index is 1.64. The van der Waals surface area contributed by atoms with Gasteiger partial charge in [-0.15, -0.1) is 0 Å². The highest BCUT2D eigenvalue weighted by Crippen LogP contribution is 2.22. The molecule has 1 aromatic heterocycles. The van der Waals surface area contributed by atoms with E-state index >= 15 is 0 Å². The Kier molecular flexibility index (Phi) is 5.95. The molecule has 2 amide bonds. The van der Waals surface area contributed by atoms with E-state index in [-0.39, 0.29) is 36.1 Å². The van der Waals surface area contributed by atoms with Crippen LogP contribution in [0.25, 0.3) is 11.1 Å². The number of nitro groups is 1. The zero-order chi connectivity index (χ0) is 21.8. The maximum Gasteiger partial charge on any atom is 0.419 e. The number of rotatable bonds is 7. The van der Waals surface area contributed by atoms with Crippen LogP contribution in [0.3, 0.4) is 0 Å². The Labute approximate surface area is 170 Å². The molecular formula is C20H20N4O6. The van der Waals surface area contributed by atoms with Gasteiger partial charge in [0.1, 0.15) is 0 Å². The molecular weight excluding hydrogens is 392 g/mol. The Hall–Kier alpha value is -3.95. The third-order valence-electron chi connectivity index (χ3n) is 4.48. The number of benzene rings is 2. The molecule has 0 radical (unpaired) electrons. The lowest BCUT2D eigenvalue weighted by atomic mass is 10.1. The number of carbonyl (C=O) groups excluding carboxylic acids is 2. The molecule has 10 nitrogen and oxygen atoms in total. The van der Waals surface area contributed by atoms with Crippen LogP contribution in [0.15, 0.2) is 45.6 Å². The van der Waals surface area contributed by atoms with Crippen molar-refractivity contribution in [1.29, 1.82) is 0 Å². The van der Waals surface area contributed by atoms with Crippen molar-refractivity contribution in [2.75, 3.05) is 10.6 Å². The van der Waals surface area contributed by atoms with Crippen LogP contribution in [0.1, 0.15) is 25.3 Å². The van der Waals surface area contributed by atoms with Crippen LogP contribution in [-0.4, -0.2) is 21.3 Å². The smallest absolute Gasteiger partial charge is 0.407 e. The molecule has 0 aliphatic carbocycles. The third kappa shape index (κ3) is 4.72. The number of amides is 2. The molecule has 3 aromatic rings. The van der Waals surface area contributed by atoms with Crippen LogP contribution in [0, 0.1) is 17.0 Å². The number of nitro benzene ring substituents is 1. The summed E-state index contributed by atoms with van der Waals surface area (Å²) < 4.78 is 6.41. The molecule has 1 heterocycles. The Bertz CT molecular complexity index is 1190. The zero-order valence-electron chi connectivity index (χ0n) is 16.4. The normalized spacial score (nSPS) is 10.7. The summed E-state index contributed by atoms with van der Waals surface area (Å²) in [7, 11) is 0. The average Bonchev–Trinajstić information content (AvgIpc) is 2.98. The number of nitrogens with one attached hydrogen (secondary N) is 2. The number of aromatic nitrogens is 1. The number of non-ortho nitro benzene ring substituents is 1. The van der Waals surface area contributed by atoms with E-state index < -0.39 is 10.7 Å². The molecule has 2 N–H and O–H groups in total. The van der Waals surface area contributed by atoms with Crippen molar-refractivity contribution >= 4 is 40.0 Å². The van der Waals surface area contributed by atoms with Crippen LogP contribution in [0.2, 0.25) is 0 Å². The summed E-state index contributed by atoms with van der Waals surface area (Å²) in [5.41, 5.74) is 2.41. The van der Waals surface area contributed by atoms with Crippen LogP contribution in [0.4, 0.5) is 17.1 Å². The molecule has 3 rings (SSSR count). The number of oxazole rings is 1. The molecule has 0 aliphatic rings. The Morgan fingerprint density at radius 3 is 2.63 bits per heavy atom. The highest BCUT2D eigenvalue weighted by atomic mass is 16.6. The first-order chi connectivity index (χ1) is 14.2. The van der Waals surface area contributed by atoms with Gasteiger partial charge in [0.05, 0.1) is 16.5 Å². The molecule has 0 unspecified atom stereocenters. The van der Waals surface area contributed by atoms with Gasteiger partial charge < -0.3 is 15.1 Å². The van der Waals surface area contributed by atoms with E-state index in [1.165, 1.54) is 29.7 Å². The van der Waals surface area contributed by atoms with E-state index in [0.29, 0.717) is 23.3 Å². The number of hydrogen-bond donors (Lipinski definition) is 2. The lowest BCUT2D eigenvalue weighted by Gasteiger charge is -2.11. The van der Waals surface area contributed by atoms with Gasteiger partial charge in [0, 0.05) is 37.3 Å². The topological polar surface area (TPSA) is 136 Å². The fourth-order valence-electron chi connectivity index (χ4n) is 3.03. The summed E-state index contributed by atoms with van der Waals surface area (Å²) in [6, 6.07) is 9.16. The quantitative estimate of drug-likeness (QED) is 0.452. The van der Waals surface area contributed by atoms with Gasteiger partial charge in [0.15, 0.2) is 5.58 Å². The maximum atomic E-state index is 12.3. The van der Waals surface area contributed by atoms with Crippen molar-refractivity contribution in [1.82, 2.24) is 4.57 Å². The Morgan fingerprint density at radius 2 is 1.93 bits per heavy atom. The Morgan fingerprint density at radius 1 is 1.17 bits per heavy atom. The molecule has 0 atom stereocenters. The van der Waals surface area contributed by atoms with Crippen molar-refractivity contribution in [2.45, 2.75) is 33.2 Å². The molecule has 2 aromatic carbocycles. The second kappa shape index (κ2) is 8.60. The predicted molar refractivity (Wildman–Crippen MR) is 110 cm³/mol. The van der Waals surface area contributed by atoms with E-state index in [0.717, 1.165) is 5.56 Å². The number of carbonyl (C=O) groups is 2. The summed E-state index contributed by atoms with van der Waals surface area (Å²) in [6.45, 7) is 3.46. The van der Waals surface area contributed by atoms with Gasteiger partial charge in [-0.05, 0) is 37.1 Å². The van der Waals surface area contributed by atoms with Crippen LogP contribution < -0.4 is 16.4 Å². The van der Waals surface area contributed by atoms with Crippen LogP contribution >= 0.6 is 0 Å². The number of hydrogen-bond acceptors (Lipinski definition) is 6. The molecule has 0 saturated carbocycles. The van der Waals surface area contributed by atoms with Gasteiger partial charge in [-0.1, -0.05) is 6.07 Å². The first-order valence-corrected chi connectivity index (χ1v) is 9.20. The fraction of sp³-hybridized carbons (Fsp3) is 0.250. The summed E-state index contributed by atoms with van der Waals surface area (Å²) in [5, 5.41) is 16.3. The third-order valence-corrected chi connectivity index (χ3v) is 4.48. The van der Waals surface area contributed by atoms with Crippen molar-refractivity contribution in [2.24, 2.45) is 0 Å². The second-order valence-corrected chi connectivity index (χ2v) is 6.79. The average molecular weight is 412 g/mol. The molecule has 0 spiro atoms. The molecule has 0 saturated heterocycles. The summed E-state index contributed by atoms with van der Waals surface area (Å²) >= 11 is 0. The van der Waals surface area contributed by atoms with E-state index in [1.807, 2.05) is 6.92 Å². The lowest BCUT2D eigenvalue weighted by molar-refractivity contribution is -0.384. The van der Waals surface area contributed by atoms with Gasteiger partial charge >= 0.3 is 5.76 Å². The SMILES string of the molecule is CC(=O)Nc1ccc(C)c(NC(=O)CCCn2c(=O)oc3cc([N+](=O)[O-])ccc32)c1. The largest absolute Gasteiger partial charge is 0.419 e. The van der Waals surface area contributed by atoms with E-state index in [1.54, 1.807) is 18.2 Å². The zero-order valence-corrected chi connectivity index (χ0v) is 16.4. The number of fused-ring (bicyclic) bond motifs is 1. The van der Waals surface area contributed by atoms with Gasteiger partial charge in [0.2, 0.25) is 11.8 Å². The molecule has 0 bridgehead atoms. The van der Waals surface area contributed by atoms with Crippen molar-refractivity contribution in [3.05, 3.63) is 62.6 Å². The molecule has 0 fully saturated rings. The summed E-state index contributed by atoms with van der Waals surface area (Å²) in [4.78, 5) is 45.8. The van der Waals surface area contributed by atoms with Crippen LogP contribution in [-0.2, 0) is 16.1 Å². The lowest BCUT2D eigenvalue weighted by Crippen LogP contribution is -2.17. The molecule has 156 valence electrons.